The van der Waals surface area contributed by atoms with E-state index in [1.165, 1.54) is 22.0 Å². The Kier molecular flexibility index (Phi) is 6.58. The Labute approximate surface area is 231 Å². The van der Waals surface area contributed by atoms with E-state index in [1.54, 1.807) is 24.9 Å². The largest absolute Gasteiger partial charge is 0.464 e. The molecule has 0 unspecified atom stereocenters. The van der Waals surface area contributed by atoms with Crippen LogP contribution in [0.2, 0.25) is 0 Å². The summed E-state index contributed by atoms with van der Waals surface area (Å²) < 4.78 is 31.3. The Morgan fingerprint density at radius 1 is 1.18 bits per heavy atom. The molecule has 4 aromatic heterocycles. The molecule has 1 aliphatic carbocycles. The summed E-state index contributed by atoms with van der Waals surface area (Å²) >= 11 is 2.08. The molecule has 4 heterocycles. The van der Waals surface area contributed by atoms with E-state index in [0.29, 0.717) is 27.7 Å². The summed E-state index contributed by atoms with van der Waals surface area (Å²) in [6.07, 6.45) is 0.835. The highest BCUT2D eigenvalue weighted by Gasteiger charge is 2.53. The summed E-state index contributed by atoms with van der Waals surface area (Å²) in [5, 5.41) is 15.1. The fraction of sp³-hybridized carbons (Fsp3) is 0.458. The zero-order valence-corrected chi connectivity index (χ0v) is 24.5. The molecule has 0 aliphatic heterocycles. The summed E-state index contributed by atoms with van der Waals surface area (Å²) in [5.41, 5.74) is -0.777. The van der Waals surface area contributed by atoms with Crippen molar-refractivity contribution in [3.05, 3.63) is 60.4 Å². The first-order chi connectivity index (χ1) is 18.2. The molecule has 1 fully saturated rings. The number of nitrogens with zero attached hydrogens (tertiary/aromatic N) is 6. The van der Waals surface area contributed by atoms with Crippen molar-refractivity contribution in [3.8, 4) is 0 Å². The van der Waals surface area contributed by atoms with Gasteiger partial charge in [0.1, 0.15) is 9.04 Å². The number of aromatic nitrogens is 5. The summed E-state index contributed by atoms with van der Waals surface area (Å²) in [6, 6.07) is 3.06. The minimum atomic E-state index is -4.50. The zero-order chi connectivity index (χ0) is 28.4. The van der Waals surface area contributed by atoms with Crippen LogP contribution in [-0.4, -0.2) is 53.4 Å². The number of rotatable bonds is 8. The van der Waals surface area contributed by atoms with Gasteiger partial charge in [0.05, 0.1) is 40.4 Å². The van der Waals surface area contributed by atoms with Gasteiger partial charge in [0.15, 0.2) is 0 Å². The van der Waals surface area contributed by atoms with E-state index in [0.717, 1.165) is 26.6 Å². The lowest BCUT2D eigenvalue weighted by Crippen LogP contribution is -2.43. The van der Waals surface area contributed by atoms with Gasteiger partial charge in [-0.2, -0.15) is 17.8 Å². The van der Waals surface area contributed by atoms with Crippen molar-refractivity contribution >= 4 is 49.0 Å². The zero-order valence-electron chi connectivity index (χ0n) is 22.0. The topological polar surface area (TPSA) is 149 Å². The van der Waals surface area contributed by atoms with Crippen LogP contribution in [0.1, 0.15) is 60.8 Å². The predicted molar refractivity (Wildman–Crippen MR) is 147 cm³/mol. The molecule has 5 rings (SSSR count). The van der Waals surface area contributed by atoms with E-state index in [1.807, 2.05) is 26.8 Å². The van der Waals surface area contributed by atoms with Crippen molar-refractivity contribution in [3.63, 3.8) is 0 Å². The first-order valence-corrected chi connectivity index (χ1v) is 15.3. The molecule has 1 amide bonds. The van der Waals surface area contributed by atoms with Crippen molar-refractivity contribution < 1.29 is 18.3 Å². The molecule has 208 valence electrons. The van der Waals surface area contributed by atoms with E-state index in [4.69, 9.17) is 0 Å². The Morgan fingerprint density at radius 3 is 2.41 bits per heavy atom. The number of thiazole rings is 1. The first kappa shape index (κ1) is 27.3. The van der Waals surface area contributed by atoms with Crippen LogP contribution in [-0.2, 0) is 30.2 Å². The predicted octanol–water partition coefficient (Wildman–Crippen LogP) is 3.16. The summed E-state index contributed by atoms with van der Waals surface area (Å²) in [6.45, 7) is 7.39. The SMILES string of the molecule is Cc1ncc(Cn2c(=O)c3cc(S(=O)(=O)N(C(=O)O)C4(C)CC4)sc3n(Cc3cc(C(C)C)nn3C)c2=O)s1. The van der Waals surface area contributed by atoms with E-state index in [2.05, 4.69) is 10.1 Å². The van der Waals surface area contributed by atoms with Gasteiger partial charge in [-0.15, -0.1) is 22.7 Å². The monoisotopic (exact) mass is 592 g/mol. The average Bonchev–Trinajstić information content (AvgIpc) is 3.20. The van der Waals surface area contributed by atoms with Crippen molar-refractivity contribution in [2.75, 3.05) is 0 Å². The maximum atomic E-state index is 13.8. The molecule has 15 heteroatoms. The molecule has 1 N–H and O–H groups in total. The molecule has 0 bridgehead atoms. The quantitative estimate of drug-likeness (QED) is 0.328. The van der Waals surface area contributed by atoms with Gasteiger partial charge in [-0.1, -0.05) is 13.8 Å². The maximum absolute atomic E-state index is 13.8. The number of hydrogen-bond acceptors (Lipinski definition) is 9. The van der Waals surface area contributed by atoms with Gasteiger partial charge in [0, 0.05) is 18.1 Å². The third-order valence-corrected chi connectivity index (χ3v) is 11.3. The lowest BCUT2D eigenvalue weighted by Gasteiger charge is -2.24. The van der Waals surface area contributed by atoms with Crippen LogP contribution in [0, 0.1) is 6.92 Å². The molecule has 4 aromatic rings. The first-order valence-electron chi connectivity index (χ1n) is 12.2. The molecule has 1 saturated carbocycles. The molecule has 1 aliphatic rings. The van der Waals surface area contributed by atoms with Gasteiger partial charge in [0.25, 0.3) is 15.6 Å². The lowest BCUT2D eigenvalue weighted by molar-refractivity contribution is 0.159. The molecule has 0 spiro atoms. The third kappa shape index (κ3) is 4.72. The summed E-state index contributed by atoms with van der Waals surface area (Å²) in [4.78, 5) is 44.4. The van der Waals surface area contributed by atoms with E-state index < -0.39 is 32.9 Å². The minimum absolute atomic E-state index is 0.0250. The van der Waals surface area contributed by atoms with Crippen LogP contribution in [0.15, 0.2) is 32.1 Å². The molecular formula is C24H28N6O6S3. The Morgan fingerprint density at radius 2 is 1.87 bits per heavy atom. The van der Waals surface area contributed by atoms with Crippen LogP contribution >= 0.6 is 22.7 Å². The highest BCUT2D eigenvalue weighted by atomic mass is 32.2. The van der Waals surface area contributed by atoms with Gasteiger partial charge in [-0.05, 0) is 44.7 Å². The molecule has 39 heavy (non-hydrogen) atoms. The second kappa shape index (κ2) is 9.41. The standard InChI is InChI=1S/C24H28N6O6S3/c1-13(2)18-8-15(27(5)26-18)11-29-21-17(20(31)28(22(29)32)12-16-10-25-14(3)37-16)9-19(38-21)39(35,36)30(23(33)34)24(4)6-7-24/h8-10,13H,6-7,11-12H2,1-5H3,(H,33,34). The van der Waals surface area contributed by atoms with Gasteiger partial charge in [-0.3, -0.25) is 18.6 Å². The molecule has 12 nitrogen and oxygen atoms in total. The number of carbonyl (C=O) groups is 1. The third-order valence-electron chi connectivity index (χ3n) is 6.89. The maximum Gasteiger partial charge on any atom is 0.421 e. The smallest absolute Gasteiger partial charge is 0.421 e. The lowest BCUT2D eigenvalue weighted by atomic mass is 10.1. The van der Waals surface area contributed by atoms with Gasteiger partial charge < -0.3 is 5.11 Å². The second-order valence-electron chi connectivity index (χ2n) is 10.3. The molecular weight excluding hydrogens is 565 g/mol. The Hall–Kier alpha value is -3.30. The molecule has 0 atom stereocenters. The summed E-state index contributed by atoms with van der Waals surface area (Å²) in [7, 11) is -2.74. The van der Waals surface area contributed by atoms with Gasteiger partial charge in [0.2, 0.25) is 0 Å². The Balaban J connectivity index is 1.73. The molecule has 0 aromatic carbocycles. The van der Waals surface area contributed by atoms with Crippen molar-refractivity contribution in [1.29, 1.82) is 0 Å². The van der Waals surface area contributed by atoms with E-state index >= 15 is 0 Å². The number of fused-ring (bicyclic) bond motifs is 1. The van der Waals surface area contributed by atoms with Crippen molar-refractivity contribution in [2.24, 2.45) is 7.05 Å². The molecule has 0 saturated heterocycles. The average molecular weight is 593 g/mol. The van der Waals surface area contributed by atoms with E-state index in [-0.39, 0.29) is 33.4 Å². The molecule has 0 radical (unpaired) electrons. The number of carboxylic acid groups (broad SMARTS) is 1. The normalized spacial score (nSPS) is 14.8. The number of hydrogen-bond donors (Lipinski definition) is 1. The van der Waals surface area contributed by atoms with Crippen LogP contribution in [0.25, 0.3) is 10.2 Å². The fourth-order valence-corrected chi connectivity index (χ4v) is 8.40. The van der Waals surface area contributed by atoms with Crippen LogP contribution in [0.4, 0.5) is 4.79 Å². The van der Waals surface area contributed by atoms with E-state index in [9.17, 15) is 27.9 Å². The second-order valence-corrected chi connectivity index (χ2v) is 14.6. The fourth-order valence-electron chi connectivity index (χ4n) is 4.44. The number of amides is 1. The van der Waals surface area contributed by atoms with Crippen molar-refractivity contribution in [2.45, 2.75) is 69.3 Å². The van der Waals surface area contributed by atoms with Crippen molar-refractivity contribution in [1.82, 2.24) is 28.2 Å². The van der Waals surface area contributed by atoms with Gasteiger partial charge in [-0.25, -0.2) is 14.6 Å². The van der Waals surface area contributed by atoms with Crippen LogP contribution in [0.3, 0.4) is 0 Å². The minimum Gasteiger partial charge on any atom is -0.464 e. The number of aryl methyl sites for hydroxylation is 2. The summed E-state index contributed by atoms with van der Waals surface area (Å²) in [5.74, 6) is 0.148. The van der Waals surface area contributed by atoms with Gasteiger partial charge >= 0.3 is 11.8 Å². The number of sulfonamides is 1. The van der Waals surface area contributed by atoms with Crippen LogP contribution < -0.4 is 11.2 Å². The highest BCUT2D eigenvalue weighted by molar-refractivity contribution is 7.92. The number of thiophene rings is 1. The highest BCUT2D eigenvalue weighted by Crippen LogP contribution is 2.45. The Bertz CT molecular complexity index is 1840. The van der Waals surface area contributed by atoms with Crippen LogP contribution in [0.5, 0.6) is 0 Å².